The summed E-state index contributed by atoms with van der Waals surface area (Å²) in [5.41, 5.74) is 7.29. The highest BCUT2D eigenvalue weighted by atomic mass is 16.5. The lowest BCUT2D eigenvalue weighted by Gasteiger charge is -2.15. The molecule has 0 saturated carbocycles. The van der Waals surface area contributed by atoms with Crippen LogP contribution in [0, 0.1) is 0 Å². The Kier molecular flexibility index (Phi) is 7.03. The third-order valence-corrected chi connectivity index (χ3v) is 4.14. The lowest BCUT2D eigenvalue weighted by Crippen LogP contribution is -2.24. The van der Waals surface area contributed by atoms with Crippen LogP contribution >= 0.6 is 0 Å². The van der Waals surface area contributed by atoms with E-state index in [0.717, 1.165) is 11.1 Å². The van der Waals surface area contributed by atoms with Crippen molar-refractivity contribution in [3.05, 3.63) is 59.2 Å². The lowest BCUT2D eigenvalue weighted by atomic mass is 10.1. The number of ether oxygens (including phenoxy) is 3. The number of nitrogens with zero attached hydrogens (tertiary/aromatic N) is 1. The van der Waals surface area contributed by atoms with Crippen molar-refractivity contribution < 1.29 is 23.8 Å². The number of amides is 2. The summed E-state index contributed by atoms with van der Waals surface area (Å²) in [5.74, 6) is 0.857. The van der Waals surface area contributed by atoms with E-state index in [9.17, 15) is 9.59 Å². The number of methoxy groups -OCH3 is 3. The molecule has 0 heterocycles. The largest absolute Gasteiger partial charge is 0.493 e. The SMILES string of the molecule is COc1cc(C=CC(=O)N(C)Cc2ccc(C(N)=O)cc2)cc(OC)c1OC. The van der Waals surface area contributed by atoms with E-state index in [1.165, 1.54) is 27.4 Å². The van der Waals surface area contributed by atoms with E-state index in [1.54, 1.807) is 54.4 Å². The van der Waals surface area contributed by atoms with Gasteiger partial charge < -0.3 is 24.8 Å². The van der Waals surface area contributed by atoms with E-state index in [2.05, 4.69) is 0 Å². The normalized spacial score (nSPS) is 10.6. The predicted octanol–water partition coefficient (Wildman–Crippen LogP) is 2.48. The molecule has 7 nitrogen and oxygen atoms in total. The van der Waals surface area contributed by atoms with E-state index < -0.39 is 5.91 Å². The standard InChI is InChI=1S/C21H24N2O5/c1-23(13-14-5-8-16(9-6-14)21(22)25)19(24)10-7-15-11-17(26-2)20(28-4)18(12-15)27-3/h5-12H,13H2,1-4H3,(H2,22,25). The van der Waals surface area contributed by atoms with E-state index >= 15 is 0 Å². The predicted molar refractivity (Wildman–Crippen MR) is 107 cm³/mol. The van der Waals surface area contributed by atoms with Gasteiger partial charge in [0.25, 0.3) is 0 Å². The fraction of sp³-hybridized carbons (Fsp3) is 0.238. The van der Waals surface area contributed by atoms with Gasteiger partial charge in [-0.25, -0.2) is 0 Å². The van der Waals surface area contributed by atoms with Gasteiger partial charge in [0.05, 0.1) is 21.3 Å². The first-order chi connectivity index (χ1) is 13.4. The molecule has 0 aromatic heterocycles. The van der Waals surface area contributed by atoms with E-state index in [4.69, 9.17) is 19.9 Å². The summed E-state index contributed by atoms with van der Waals surface area (Å²) in [6.45, 7) is 0.400. The summed E-state index contributed by atoms with van der Waals surface area (Å²) < 4.78 is 15.9. The molecule has 2 aromatic carbocycles. The van der Waals surface area contributed by atoms with Gasteiger partial charge in [0.15, 0.2) is 11.5 Å². The van der Waals surface area contributed by atoms with Crippen LogP contribution in [0.5, 0.6) is 17.2 Å². The van der Waals surface area contributed by atoms with E-state index in [0.29, 0.717) is 29.4 Å². The Morgan fingerprint density at radius 2 is 1.57 bits per heavy atom. The molecule has 0 atom stereocenters. The first-order valence-corrected chi connectivity index (χ1v) is 8.51. The second-order valence-electron chi connectivity index (χ2n) is 6.05. The van der Waals surface area contributed by atoms with Crippen LogP contribution in [-0.2, 0) is 11.3 Å². The monoisotopic (exact) mass is 384 g/mol. The van der Waals surface area contributed by atoms with Crippen molar-refractivity contribution in [1.82, 2.24) is 4.90 Å². The maximum absolute atomic E-state index is 12.4. The Hall–Kier alpha value is -3.48. The molecule has 0 fully saturated rings. The zero-order valence-electron chi connectivity index (χ0n) is 16.4. The van der Waals surface area contributed by atoms with Crippen LogP contribution in [0.3, 0.4) is 0 Å². The lowest BCUT2D eigenvalue weighted by molar-refractivity contribution is -0.125. The molecule has 2 rings (SSSR count). The van der Waals surface area contributed by atoms with Crippen molar-refractivity contribution in [3.8, 4) is 17.2 Å². The van der Waals surface area contributed by atoms with Crippen LogP contribution in [0.2, 0.25) is 0 Å². The molecule has 0 saturated heterocycles. The summed E-state index contributed by atoms with van der Waals surface area (Å²) in [7, 11) is 6.30. The smallest absolute Gasteiger partial charge is 0.248 e. The van der Waals surface area contributed by atoms with Gasteiger partial charge in [-0.2, -0.15) is 0 Å². The summed E-state index contributed by atoms with van der Waals surface area (Å²) in [5, 5.41) is 0. The molecule has 0 spiro atoms. The first kappa shape index (κ1) is 20.8. The van der Waals surface area contributed by atoms with Gasteiger partial charge in [0.1, 0.15) is 0 Å². The molecule has 0 unspecified atom stereocenters. The molecule has 0 bridgehead atoms. The molecule has 0 radical (unpaired) electrons. The van der Waals surface area contributed by atoms with Crippen LogP contribution in [-0.4, -0.2) is 45.1 Å². The third-order valence-electron chi connectivity index (χ3n) is 4.14. The maximum Gasteiger partial charge on any atom is 0.248 e. The Morgan fingerprint density at radius 1 is 1.00 bits per heavy atom. The fourth-order valence-corrected chi connectivity index (χ4v) is 2.62. The number of nitrogens with two attached hydrogens (primary N) is 1. The van der Waals surface area contributed by atoms with Crippen LogP contribution in [0.4, 0.5) is 0 Å². The summed E-state index contributed by atoms with van der Waals surface area (Å²) in [4.78, 5) is 25.1. The fourth-order valence-electron chi connectivity index (χ4n) is 2.62. The minimum Gasteiger partial charge on any atom is -0.493 e. The summed E-state index contributed by atoms with van der Waals surface area (Å²) in [6.07, 6.45) is 3.15. The first-order valence-electron chi connectivity index (χ1n) is 8.51. The Balaban J connectivity index is 2.10. The summed E-state index contributed by atoms with van der Waals surface area (Å²) >= 11 is 0. The number of likely N-dealkylation sites (N-methyl/N-ethyl adjacent to an activating group) is 1. The topological polar surface area (TPSA) is 91.1 Å². The van der Waals surface area contributed by atoms with Crippen molar-refractivity contribution in [2.45, 2.75) is 6.54 Å². The maximum atomic E-state index is 12.4. The summed E-state index contributed by atoms with van der Waals surface area (Å²) in [6, 6.07) is 10.3. The highest BCUT2D eigenvalue weighted by molar-refractivity contribution is 5.93. The van der Waals surface area contributed by atoms with Gasteiger partial charge in [-0.1, -0.05) is 12.1 Å². The molecule has 7 heteroatoms. The average Bonchev–Trinajstić information content (AvgIpc) is 2.71. The minimum atomic E-state index is -0.482. The third kappa shape index (κ3) is 5.03. The second kappa shape index (κ2) is 9.45. The van der Waals surface area contributed by atoms with Crippen molar-refractivity contribution in [3.63, 3.8) is 0 Å². The zero-order chi connectivity index (χ0) is 20.7. The van der Waals surface area contributed by atoms with Crippen LogP contribution < -0.4 is 19.9 Å². The number of hydrogen-bond acceptors (Lipinski definition) is 5. The minimum absolute atomic E-state index is 0.173. The second-order valence-corrected chi connectivity index (χ2v) is 6.05. The highest BCUT2D eigenvalue weighted by Crippen LogP contribution is 2.38. The number of rotatable bonds is 8. The molecule has 28 heavy (non-hydrogen) atoms. The van der Waals surface area contributed by atoms with Gasteiger partial charge >= 0.3 is 0 Å². The average molecular weight is 384 g/mol. The molecule has 2 aromatic rings. The quantitative estimate of drug-likeness (QED) is 0.706. The Labute approximate surface area is 164 Å². The number of primary amides is 1. The molecule has 0 aliphatic rings. The molecule has 2 amide bonds. The van der Waals surface area contributed by atoms with Crippen molar-refractivity contribution in [1.29, 1.82) is 0 Å². The zero-order valence-corrected chi connectivity index (χ0v) is 16.4. The van der Waals surface area contributed by atoms with Crippen LogP contribution in [0.25, 0.3) is 6.08 Å². The van der Waals surface area contributed by atoms with Crippen LogP contribution in [0.1, 0.15) is 21.5 Å². The molecular weight excluding hydrogens is 360 g/mol. The van der Waals surface area contributed by atoms with Gasteiger partial charge in [0, 0.05) is 25.2 Å². The van der Waals surface area contributed by atoms with Gasteiger partial charge in [0.2, 0.25) is 17.6 Å². The highest BCUT2D eigenvalue weighted by Gasteiger charge is 2.13. The van der Waals surface area contributed by atoms with Crippen molar-refractivity contribution >= 4 is 17.9 Å². The molecule has 0 aliphatic heterocycles. The Morgan fingerprint density at radius 3 is 2.04 bits per heavy atom. The van der Waals surface area contributed by atoms with Gasteiger partial charge in [-0.3, -0.25) is 9.59 Å². The van der Waals surface area contributed by atoms with Gasteiger partial charge in [-0.15, -0.1) is 0 Å². The van der Waals surface area contributed by atoms with Gasteiger partial charge in [-0.05, 0) is 41.5 Å². The molecule has 0 aliphatic carbocycles. The molecule has 148 valence electrons. The molecule has 2 N–H and O–H groups in total. The van der Waals surface area contributed by atoms with E-state index in [1.807, 2.05) is 0 Å². The number of benzene rings is 2. The van der Waals surface area contributed by atoms with Crippen LogP contribution in [0.15, 0.2) is 42.5 Å². The van der Waals surface area contributed by atoms with E-state index in [-0.39, 0.29) is 5.91 Å². The number of hydrogen-bond donors (Lipinski definition) is 1. The van der Waals surface area contributed by atoms with Crippen molar-refractivity contribution in [2.24, 2.45) is 5.73 Å². The number of carbonyl (C=O) groups excluding carboxylic acids is 2. The number of carbonyl (C=O) groups is 2. The Bertz CT molecular complexity index is 850. The van der Waals surface area contributed by atoms with Crippen molar-refractivity contribution in [2.75, 3.05) is 28.4 Å². The molecular formula is C21H24N2O5.